The number of para-hydroxylation sites is 2. The lowest BCUT2D eigenvalue weighted by atomic mass is 10.0. The van der Waals surface area contributed by atoms with Gasteiger partial charge in [0.25, 0.3) is 5.91 Å². The molecule has 0 fully saturated rings. The zero-order valence-corrected chi connectivity index (χ0v) is 16.9. The number of imidazole rings is 1. The fourth-order valence-corrected chi connectivity index (χ4v) is 3.31. The van der Waals surface area contributed by atoms with Gasteiger partial charge in [0.05, 0.1) is 11.0 Å². The Kier molecular flexibility index (Phi) is 6.21. The number of aromatic nitrogens is 2. The van der Waals surface area contributed by atoms with Crippen molar-refractivity contribution in [3.8, 4) is 11.1 Å². The van der Waals surface area contributed by atoms with Gasteiger partial charge in [-0.05, 0) is 35.4 Å². The third-order valence-electron chi connectivity index (χ3n) is 4.87. The molecule has 0 aliphatic carbocycles. The average molecular weight is 435 g/mol. The molecule has 0 unspecified atom stereocenters. The largest absolute Gasteiger partial charge is 0.456 e. The molecule has 3 aromatic carbocycles. The summed E-state index contributed by atoms with van der Waals surface area (Å²) in [6, 6.07) is 23.1. The second-order valence-corrected chi connectivity index (χ2v) is 6.95. The Morgan fingerprint density at radius 2 is 1.56 bits per heavy atom. The number of alkyl halides is 2. The highest BCUT2D eigenvalue weighted by molar-refractivity contribution is 5.96. The number of hydrogen-bond acceptors (Lipinski definition) is 4. The summed E-state index contributed by atoms with van der Waals surface area (Å²) in [6.07, 6.45) is 0. The molecule has 1 amide bonds. The fraction of sp³-hybridized carbons (Fsp3) is 0.125. The van der Waals surface area contributed by atoms with Gasteiger partial charge in [-0.2, -0.15) is 8.78 Å². The summed E-state index contributed by atoms with van der Waals surface area (Å²) in [7, 11) is 0. The van der Waals surface area contributed by atoms with Crippen LogP contribution < -0.4 is 5.32 Å². The zero-order valence-electron chi connectivity index (χ0n) is 16.9. The quantitative estimate of drug-likeness (QED) is 0.432. The van der Waals surface area contributed by atoms with Crippen LogP contribution in [0, 0.1) is 0 Å². The number of nitrogens with zero attached hydrogens (tertiary/aromatic N) is 2. The van der Waals surface area contributed by atoms with E-state index in [9.17, 15) is 18.4 Å². The lowest BCUT2D eigenvalue weighted by Crippen LogP contribution is -2.30. The molecule has 4 aromatic rings. The first kappa shape index (κ1) is 21.2. The minimum atomic E-state index is -2.82. The van der Waals surface area contributed by atoms with Crippen LogP contribution in [0.15, 0.2) is 78.9 Å². The SMILES string of the molecule is O=C(CNC(=O)c1ccc(-c2ccccc2)cc1)OCc1nc2ccccc2n1C(F)F. The standard InChI is InChI=1S/C24H19F2N3O3/c25-24(26)29-20-9-5-4-8-19(20)28-21(29)15-32-22(30)14-27-23(31)18-12-10-17(11-13-18)16-6-2-1-3-7-16/h1-13,24H,14-15H2,(H,27,31). The van der Waals surface area contributed by atoms with Gasteiger partial charge in [0.15, 0.2) is 5.82 Å². The predicted molar refractivity (Wildman–Crippen MR) is 115 cm³/mol. The number of nitrogens with one attached hydrogen (secondary N) is 1. The number of carbonyl (C=O) groups excluding carboxylic acids is 2. The number of halogens is 2. The molecule has 0 radical (unpaired) electrons. The van der Waals surface area contributed by atoms with E-state index in [0.717, 1.165) is 15.7 Å². The van der Waals surface area contributed by atoms with Crippen molar-refractivity contribution in [2.24, 2.45) is 0 Å². The molecule has 8 heteroatoms. The highest BCUT2D eigenvalue weighted by Gasteiger charge is 2.19. The first-order chi connectivity index (χ1) is 15.5. The van der Waals surface area contributed by atoms with Crippen LogP contribution >= 0.6 is 0 Å². The molecule has 0 aliphatic heterocycles. The molecule has 0 saturated heterocycles. The number of hydrogen-bond donors (Lipinski definition) is 1. The molecule has 0 atom stereocenters. The molecule has 0 bridgehead atoms. The van der Waals surface area contributed by atoms with E-state index in [1.165, 1.54) is 6.07 Å². The van der Waals surface area contributed by atoms with Crippen LogP contribution in [-0.4, -0.2) is 28.0 Å². The minimum Gasteiger partial charge on any atom is -0.456 e. The maximum atomic E-state index is 13.4. The van der Waals surface area contributed by atoms with Gasteiger partial charge in [0, 0.05) is 5.56 Å². The van der Waals surface area contributed by atoms with Crippen LogP contribution in [0.3, 0.4) is 0 Å². The van der Waals surface area contributed by atoms with E-state index in [1.54, 1.807) is 30.3 Å². The van der Waals surface area contributed by atoms with E-state index in [1.807, 2.05) is 42.5 Å². The molecule has 6 nitrogen and oxygen atoms in total. The third-order valence-corrected chi connectivity index (χ3v) is 4.87. The Morgan fingerprint density at radius 1 is 0.906 bits per heavy atom. The summed E-state index contributed by atoms with van der Waals surface area (Å²) in [4.78, 5) is 28.4. The van der Waals surface area contributed by atoms with Crippen molar-refractivity contribution >= 4 is 22.9 Å². The number of benzene rings is 3. The van der Waals surface area contributed by atoms with Crippen LogP contribution in [0.4, 0.5) is 8.78 Å². The number of fused-ring (bicyclic) bond motifs is 1. The van der Waals surface area contributed by atoms with E-state index in [-0.39, 0.29) is 11.3 Å². The first-order valence-electron chi connectivity index (χ1n) is 9.86. The normalized spacial score (nSPS) is 11.0. The van der Waals surface area contributed by atoms with E-state index < -0.39 is 31.6 Å². The summed E-state index contributed by atoms with van der Waals surface area (Å²) in [5, 5.41) is 2.47. The predicted octanol–water partition coefficient (Wildman–Crippen LogP) is 4.57. The zero-order chi connectivity index (χ0) is 22.5. The van der Waals surface area contributed by atoms with Crippen molar-refractivity contribution in [2.75, 3.05) is 6.54 Å². The van der Waals surface area contributed by atoms with Gasteiger partial charge in [-0.3, -0.25) is 14.2 Å². The van der Waals surface area contributed by atoms with Gasteiger partial charge < -0.3 is 10.1 Å². The summed E-state index contributed by atoms with van der Waals surface area (Å²) < 4.78 is 32.6. The van der Waals surface area contributed by atoms with Gasteiger partial charge in [0.2, 0.25) is 0 Å². The Bertz CT molecular complexity index is 1240. The Morgan fingerprint density at radius 3 is 2.28 bits per heavy atom. The summed E-state index contributed by atoms with van der Waals surface area (Å²) in [6.45, 7) is -3.65. The van der Waals surface area contributed by atoms with Crippen LogP contribution in [0.1, 0.15) is 22.7 Å². The second kappa shape index (κ2) is 9.38. The molecule has 32 heavy (non-hydrogen) atoms. The van der Waals surface area contributed by atoms with Crippen molar-refractivity contribution in [2.45, 2.75) is 13.2 Å². The van der Waals surface area contributed by atoms with Crippen LogP contribution in [0.5, 0.6) is 0 Å². The smallest absolute Gasteiger partial charge is 0.325 e. The van der Waals surface area contributed by atoms with Gasteiger partial charge in [-0.15, -0.1) is 0 Å². The number of esters is 1. The molecular weight excluding hydrogens is 416 g/mol. The highest BCUT2D eigenvalue weighted by Crippen LogP contribution is 2.23. The molecule has 1 N–H and O–H groups in total. The van der Waals surface area contributed by atoms with Crippen molar-refractivity contribution in [3.05, 3.63) is 90.3 Å². The number of amides is 1. The molecule has 4 rings (SSSR count). The Hall–Kier alpha value is -4.07. The van der Waals surface area contributed by atoms with Crippen molar-refractivity contribution in [1.29, 1.82) is 0 Å². The lowest BCUT2D eigenvalue weighted by molar-refractivity contribution is -0.144. The topological polar surface area (TPSA) is 73.2 Å². The summed E-state index contributed by atoms with van der Waals surface area (Å²) in [5.74, 6) is -1.27. The van der Waals surface area contributed by atoms with Crippen LogP contribution in [-0.2, 0) is 16.1 Å². The second-order valence-electron chi connectivity index (χ2n) is 6.95. The lowest BCUT2D eigenvalue weighted by Gasteiger charge is -2.09. The molecule has 1 aromatic heterocycles. The summed E-state index contributed by atoms with van der Waals surface area (Å²) in [5.41, 5.74) is 3.00. The van der Waals surface area contributed by atoms with Crippen molar-refractivity contribution in [3.63, 3.8) is 0 Å². The van der Waals surface area contributed by atoms with E-state index in [4.69, 9.17) is 4.74 Å². The maximum Gasteiger partial charge on any atom is 0.325 e. The summed E-state index contributed by atoms with van der Waals surface area (Å²) >= 11 is 0. The minimum absolute atomic E-state index is 0.0719. The van der Waals surface area contributed by atoms with Crippen molar-refractivity contribution in [1.82, 2.24) is 14.9 Å². The Balaban J connectivity index is 1.33. The van der Waals surface area contributed by atoms with Crippen molar-refractivity contribution < 1.29 is 23.1 Å². The highest BCUT2D eigenvalue weighted by atomic mass is 19.3. The third kappa shape index (κ3) is 4.64. The van der Waals surface area contributed by atoms with Gasteiger partial charge >= 0.3 is 12.5 Å². The van der Waals surface area contributed by atoms with Crippen LogP contribution in [0.2, 0.25) is 0 Å². The molecule has 162 valence electrons. The molecule has 1 heterocycles. The van der Waals surface area contributed by atoms with Gasteiger partial charge in [-0.25, -0.2) is 4.98 Å². The van der Waals surface area contributed by atoms with Gasteiger partial charge in [-0.1, -0.05) is 54.6 Å². The van der Waals surface area contributed by atoms with Gasteiger partial charge in [0.1, 0.15) is 13.2 Å². The number of carbonyl (C=O) groups is 2. The number of ether oxygens (including phenoxy) is 1. The first-order valence-corrected chi connectivity index (χ1v) is 9.86. The van der Waals surface area contributed by atoms with E-state index in [0.29, 0.717) is 11.1 Å². The van der Waals surface area contributed by atoms with E-state index in [2.05, 4.69) is 10.3 Å². The fourth-order valence-electron chi connectivity index (χ4n) is 3.31. The maximum absolute atomic E-state index is 13.4. The Labute approximate surface area is 182 Å². The molecule has 0 saturated carbocycles. The van der Waals surface area contributed by atoms with Crippen LogP contribution in [0.25, 0.3) is 22.2 Å². The average Bonchev–Trinajstić information content (AvgIpc) is 3.20. The molecule has 0 aliphatic rings. The molecule has 0 spiro atoms. The monoisotopic (exact) mass is 435 g/mol. The number of rotatable bonds is 7. The molecular formula is C24H19F2N3O3. The van der Waals surface area contributed by atoms with E-state index >= 15 is 0 Å².